The van der Waals surface area contributed by atoms with Gasteiger partial charge >= 0.3 is 12.3 Å². The maximum Gasteiger partial charge on any atom is 0.573 e. The van der Waals surface area contributed by atoms with Crippen molar-refractivity contribution in [2.45, 2.75) is 77.0 Å². The molecule has 0 amide bonds. The molecule has 1 aliphatic heterocycles. The quantitative estimate of drug-likeness (QED) is 0.334. The van der Waals surface area contributed by atoms with E-state index in [9.17, 15) is 18.0 Å². The first-order valence-corrected chi connectivity index (χ1v) is 11.9. The number of aliphatic carboxylic acids is 1. The number of imidazole rings is 1. The highest BCUT2D eigenvalue weighted by molar-refractivity contribution is 5.81. The number of carbonyl (C=O) groups is 1. The third-order valence-corrected chi connectivity index (χ3v) is 6.18. The Morgan fingerprint density at radius 1 is 1.16 bits per heavy atom. The Labute approximate surface area is 211 Å². The fraction of sp³-hybridized carbons (Fsp3) is 0.462. The van der Waals surface area contributed by atoms with Crippen molar-refractivity contribution in [2.24, 2.45) is 0 Å². The van der Waals surface area contributed by atoms with Gasteiger partial charge in [0.2, 0.25) is 5.95 Å². The van der Waals surface area contributed by atoms with Gasteiger partial charge in [-0.15, -0.1) is 13.2 Å². The second-order valence-electron chi connectivity index (χ2n) is 10.5. The zero-order valence-corrected chi connectivity index (χ0v) is 20.9. The molecule has 1 fully saturated rings. The number of rotatable bonds is 7. The Bertz CT molecular complexity index is 1280. The Hall–Kier alpha value is -3.34. The number of alkyl halides is 3. The number of halogens is 4. The van der Waals surface area contributed by atoms with Gasteiger partial charge in [-0.3, -0.25) is 4.79 Å². The molecule has 0 unspecified atom stereocenters. The van der Waals surface area contributed by atoms with Crippen molar-refractivity contribution in [1.82, 2.24) is 9.55 Å². The molecule has 1 aromatic heterocycles. The average molecular weight is 524 g/mol. The monoisotopic (exact) mass is 523 g/mol. The van der Waals surface area contributed by atoms with Crippen molar-refractivity contribution in [3.63, 3.8) is 0 Å². The number of benzene rings is 2. The van der Waals surface area contributed by atoms with Crippen LogP contribution in [0.4, 0.5) is 29.2 Å². The van der Waals surface area contributed by atoms with Gasteiger partial charge in [-0.05, 0) is 82.9 Å². The molecule has 1 aliphatic rings. The highest BCUT2D eigenvalue weighted by Gasteiger charge is 2.41. The van der Waals surface area contributed by atoms with E-state index < -0.39 is 29.4 Å². The van der Waals surface area contributed by atoms with Crippen LogP contribution >= 0.6 is 0 Å². The van der Waals surface area contributed by atoms with Crippen LogP contribution in [0.2, 0.25) is 0 Å². The van der Waals surface area contributed by atoms with Crippen LogP contribution in [0.15, 0.2) is 36.4 Å². The van der Waals surface area contributed by atoms with Gasteiger partial charge in [0, 0.05) is 24.2 Å². The Morgan fingerprint density at radius 3 is 2.35 bits per heavy atom. The molecule has 3 aromatic rings. The summed E-state index contributed by atoms with van der Waals surface area (Å²) < 4.78 is 64.7. The third-order valence-electron chi connectivity index (χ3n) is 6.18. The molecule has 37 heavy (non-hydrogen) atoms. The summed E-state index contributed by atoms with van der Waals surface area (Å²) in [4.78, 5) is 15.7. The maximum atomic E-state index is 15.1. The Morgan fingerprint density at radius 2 is 1.78 bits per heavy atom. The number of aryl methyl sites for hydroxylation is 1. The van der Waals surface area contributed by atoms with Gasteiger partial charge < -0.3 is 24.5 Å². The minimum absolute atomic E-state index is 0.0186. The molecule has 11 heteroatoms. The predicted octanol–water partition coefficient (Wildman–Crippen LogP) is 6.74. The molecule has 4 rings (SSSR count). The standard InChI is InChI=1S/C26H29F4N3O4/c1-24(2)13-17(14-25(3,4)37-24)33-21-12-19(27)15(5-10-22(34)35)11-20(21)32-23(33)31-16-6-8-18(9-7-16)36-26(28,29)30/h6-9,11-12,17H,5,10,13-14H2,1-4H3,(H,31,32)(H,34,35). The van der Waals surface area contributed by atoms with E-state index in [4.69, 9.17) is 9.84 Å². The zero-order valence-electron chi connectivity index (χ0n) is 20.9. The van der Waals surface area contributed by atoms with Gasteiger partial charge in [-0.1, -0.05) is 0 Å². The lowest BCUT2D eigenvalue weighted by Crippen LogP contribution is -2.45. The molecule has 0 bridgehead atoms. The number of aromatic nitrogens is 2. The minimum atomic E-state index is -4.80. The molecule has 2 aromatic carbocycles. The first-order valence-electron chi connectivity index (χ1n) is 11.9. The topological polar surface area (TPSA) is 85.6 Å². The van der Waals surface area contributed by atoms with E-state index in [2.05, 4.69) is 15.0 Å². The van der Waals surface area contributed by atoms with E-state index in [0.717, 1.165) is 0 Å². The average Bonchev–Trinajstić information content (AvgIpc) is 3.06. The maximum absolute atomic E-state index is 15.1. The van der Waals surface area contributed by atoms with Crippen LogP contribution in [0.25, 0.3) is 11.0 Å². The number of hydrogen-bond acceptors (Lipinski definition) is 5. The van der Waals surface area contributed by atoms with Gasteiger partial charge in [-0.2, -0.15) is 0 Å². The zero-order chi connectivity index (χ0) is 27.2. The minimum Gasteiger partial charge on any atom is -0.481 e. The number of nitrogens with zero attached hydrogens (tertiary/aromatic N) is 2. The molecule has 2 N–H and O–H groups in total. The molecular formula is C26H29F4N3O4. The number of anilines is 2. The van der Waals surface area contributed by atoms with Crippen LogP contribution in [0.3, 0.4) is 0 Å². The smallest absolute Gasteiger partial charge is 0.481 e. The normalized spacial score (nSPS) is 17.6. The van der Waals surface area contributed by atoms with E-state index in [0.29, 0.717) is 35.5 Å². The summed E-state index contributed by atoms with van der Waals surface area (Å²) in [6, 6.07) is 8.01. The van der Waals surface area contributed by atoms with Gasteiger partial charge in [0.05, 0.1) is 22.2 Å². The highest BCUT2D eigenvalue weighted by Crippen LogP contribution is 2.44. The molecule has 0 spiro atoms. The lowest BCUT2D eigenvalue weighted by Gasteiger charge is -2.46. The fourth-order valence-electron chi connectivity index (χ4n) is 5.14. The van der Waals surface area contributed by atoms with Gasteiger partial charge in [-0.25, -0.2) is 9.37 Å². The second-order valence-corrected chi connectivity index (χ2v) is 10.5. The van der Waals surface area contributed by atoms with Crippen LogP contribution < -0.4 is 10.1 Å². The lowest BCUT2D eigenvalue weighted by molar-refractivity contribution is -0.274. The predicted molar refractivity (Wildman–Crippen MR) is 130 cm³/mol. The third kappa shape index (κ3) is 6.51. The van der Waals surface area contributed by atoms with Crippen LogP contribution in [0.5, 0.6) is 5.75 Å². The molecule has 2 heterocycles. The molecular weight excluding hydrogens is 494 g/mol. The fourth-order valence-corrected chi connectivity index (χ4v) is 5.14. The van der Waals surface area contributed by atoms with E-state index >= 15 is 4.39 Å². The number of carboxylic acids is 1. The van der Waals surface area contributed by atoms with Gasteiger partial charge in [0.1, 0.15) is 11.6 Å². The van der Waals surface area contributed by atoms with Crippen molar-refractivity contribution in [3.8, 4) is 5.75 Å². The number of carboxylic acid groups (broad SMARTS) is 1. The van der Waals surface area contributed by atoms with Crippen LogP contribution in [0, 0.1) is 5.82 Å². The summed E-state index contributed by atoms with van der Waals surface area (Å²) >= 11 is 0. The number of nitrogens with one attached hydrogen (secondary N) is 1. The molecule has 200 valence electrons. The first kappa shape index (κ1) is 26.7. The van der Waals surface area contributed by atoms with Crippen molar-refractivity contribution in [1.29, 1.82) is 0 Å². The van der Waals surface area contributed by atoms with Crippen molar-refractivity contribution in [2.75, 3.05) is 5.32 Å². The largest absolute Gasteiger partial charge is 0.573 e. The highest BCUT2D eigenvalue weighted by atomic mass is 19.4. The molecule has 0 saturated carbocycles. The Kier molecular flexibility index (Phi) is 6.87. The van der Waals surface area contributed by atoms with Gasteiger partial charge in [0.25, 0.3) is 0 Å². The summed E-state index contributed by atoms with van der Waals surface area (Å²) in [7, 11) is 0. The molecule has 7 nitrogen and oxygen atoms in total. The van der Waals surface area contributed by atoms with Gasteiger partial charge in [0.15, 0.2) is 0 Å². The summed E-state index contributed by atoms with van der Waals surface area (Å²) in [5, 5.41) is 12.2. The van der Waals surface area contributed by atoms with Crippen LogP contribution in [0.1, 0.15) is 58.6 Å². The van der Waals surface area contributed by atoms with E-state index in [1.54, 1.807) is 6.07 Å². The number of fused-ring (bicyclic) bond motifs is 1. The van der Waals surface area contributed by atoms with E-state index in [1.165, 1.54) is 30.3 Å². The summed E-state index contributed by atoms with van der Waals surface area (Å²) in [5.74, 6) is -1.53. The van der Waals surface area contributed by atoms with E-state index in [1.807, 2.05) is 32.3 Å². The number of ether oxygens (including phenoxy) is 2. The number of hydrogen-bond donors (Lipinski definition) is 2. The molecule has 0 aliphatic carbocycles. The van der Waals surface area contributed by atoms with Crippen molar-refractivity contribution < 1.29 is 36.9 Å². The second kappa shape index (κ2) is 9.51. The summed E-state index contributed by atoms with van der Waals surface area (Å²) in [6.45, 7) is 7.93. The summed E-state index contributed by atoms with van der Waals surface area (Å²) in [6.07, 6.45) is -3.78. The lowest BCUT2D eigenvalue weighted by atomic mass is 9.85. The van der Waals surface area contributed by atoms with Crippen molar-refractivity contribution in [3.05, 3.63) is 47.8 Å². The van der Waals surface area contributed by atoms with Crippen LogP contribution in [-0.4, -0.2) is 38.2 Å². The molecule has 1 saturated heterocycles. The first-order chi connectivity index (χ1) is 17.1. The molecule has 0 atom stereocenters. The Balaban J connectivity index is 1.76. The SMILES string of the molecule is CC1(C)CC(n2c(Nc3ccc(OC(F)(F)F)cc3)nc3cc(CCC(=O)O)c(F)cc32)CC(C)(C)O1. The van der Waals surface area contributed by atoms with E-state index in [-0.39, 0.29) is 30.2 Å². The van der Waals surface area contributed by atoms with Crippen LogP contribution in [-0.2, 0) is 16.0 Å². The summed E-state index contributed by atoms with van der Waals surface area (Å²) in [5.41, 5.74) is 0.752. The molecule has 0 radical (unpaired) electrons. The van der Waals surface area contributed by atoms with Crippen molar-refractivity contribution >= 4 is 28.6 Å².